The molecule has 2 heterocycles. The molecule has 5 nitrogen and oxygen atoms in total. The van der Waals surface area contributed by atoms with Crippen molar-refractivity contribution in [2.45, 2.75) is 32.5 Å². The lowest BCUT2D eigenvalue weighted by Gasteiger charge is -2.24. The summed E-state index contributed by atoms with van der Waals surface area (Å²) in [5, 5.41) is 13.4. The summed E-state index contributed by atoms with van der Waals surface area (Å²) in [6.45, 7) is 8.76. The number of nitrogens with one attached hydrogen (secondary N) is 1. The predicted octanol–water partition coefficient (Wildman–Crippen LogP) is 0.434. The molecule has 0 aromatic carbocycles. The summed E-state index contributed by atoms with van der Waals surface area (Å²) in [5.41, 5.74) is -0.496. The van der Waals surface area contributed by atoms with Crippen molar-refractivity contribution < 1.29 is 14.6 Å². The van der Waals surface area contributed by atoms with Gasteiger partial charge >= 0.3 is 6.09 Å². The van der Waals surface area contributed by atoms with Gasteiger partial charge in [0.1, 0.15) is 5.60 Å². The molecule has 0 aromatic heterocycles. The topological polar surface area (TPSA) is 61.8 Å². The highest BCUT2D eigenvalue weighted by Gasteiger charge is 2.72. The minimum Gasteiger partial charge on any atom is -0.444 e. The van der Waals surface area contributed by atoms with E-state index in [1.165, 1.54) is 0 Å². The zero-order valence-electron chi connectivity index (χ0n) is 11.3. The molecular weight excluding hydrogens is 232 g/mol. The van der Waals surface area contributed by atoms with Gasteiger partial charge in [0.25, 0.3) is 0 Å². The molecule has 0 radical (unpaired) electrons. The SMILES string of the molecule is CC(C)(C)OC(=O)N1C[C@H]2CNC[C@@H]3[C@@H](O)C23C1. The van der Waals surface area contributed by atoms with Crippen molar-refractivity contribution >= 4 is 6.09 Å². The van der Waals surface area contributed by atoms with Crippen LogP contribution in [0.1, 0.15) is 20.8 Å². The molecule has 2 aliphatic heterocycles. The van der Waals surface area contributed by atoms with Crippen LogP contribution in [0.4, 0.5) is 4.79 Å². The fraction of sp³-hybridized carbons (Fsp3) is 0.923. The molecule has 2 saturated heterocycles. The number of hydrogen-bond acceptors (Lipinski definition) is 4. The first kappa shape index (κ1) is 12.2. The molecule has 0 bridgehead atoms. The van der Waals surface area contributed by atoms with Crippen LogP contribution in [0.5, 0.6) is 0 Å². The number of nitrogens with zero attached hydrogens (tertiary/aromatic N) is 1. The number of rotatable bonds is 0. The van der Waals surface area contributed by atoms with Gasteiger partial charge in [0.15, 0.2) is 0 Å². The lowest BCUT2D eigenvalue weighted by Crippen LogP contribution is -2.37. The first-order valence-corrected chi connectivity index (χ1v) is 6.71. The Balaban J connectivity index is 1.70. The maximum Gasteiger partial charge on any atom is 0.410 e. The highest BCUT2D eigenvalue weighted by Crippen LogP contribution is 2.62. The smallest absolute Gasteiger partial charge is 0.410 e. The van der Waals surface area contributed by atoms with E-state index in [0.717, 1.165) is 13.1 Å². The summed E-state index contributed by atoms with van der Waals surface area (Å²) in [6, 6.07) is 0. The number of carbonyl (C=O) groups excluding carboxylic acids is 1. The van der Waals surface area contributed by atoms with Crippen LogP contribution in [0.25, 0.3) is 0 Å². The van der Waals surface area contributed by atoms with E-state index in [1.807, 2.05) is 20.8 Å². The molecule has 4 atom stereocenters. The summed E-state index contributed by atoms with van der Waals surface area (Å²) in [7, 11) is 0. The summed E-state index contributed by atoms with van der Waals surface area (Å²) in [5.74, 6) is 0.697. The average Bonchev–Trinajstić information content (AvgIpc) is 2.71. The number of carbonyl (C=O) groups is 1. The van der Waals surface area contributed by atoms with E-state index in [1.54, 1.807) is 4.90 Å². The fourth-order valence-corrected chi connectivity index (χ4v) is 3.67. The van der Waals surface area contributed by atoms with Gasteiger partial charge in [-0.05, 0) is 26.7 Å². The third-order valence-electron chi connectivity index (χ3n) is 4.59. The quantitative estimate of drug-likeness (QED) is 0.658. The lowest BCUT2D eigenvalue weighted by atomic mass is 9.87. The van der Waals surface area contributed by atoms with Crippen molar-refractivity contribution in [3.63, 3.8) is 0 Å². The predicted molar refractivity (Wildman–Crippen MR) is 66.1 cm³/mol. The van der Waals surface area contributed by atoms with Gasteiger partial charge in [-0.1, -0.05) is 0 Å². The van der Waals surface area contributed by atoms with Crippen LogP contribution < -0.4 is 5.32 Å². The summed E-state index contributed by atoms with van der Waals surface area (Å²) >= 11 is 0. The van der Waals surface area contributed by atoms with E-state index in [9.17, 15) is 9.90 Å². The molecular formula is C13H22N2O3. The van der Waals surface area contributed by atoms with E-state index < -0.39 is 5.60 Å². The molecule has 0 aromatic rings. The number of ether oxygens (including phenoxy) is 1. The zero-order valence-corrected chi connectivity index (χ0v) is 11.3. The third-order valence-corrected chi connectivity index (χ3v) is 4.59. The molecule has 1 amide bonds. The van der Waals surface area contributed by atoms with E-state index in [4.69, 9.17) is 4.74 Å². The van der Waals surface area contributed by atoms with Crippen LogP contribution in [0, 0.1) is 17.3 Å². The van der Waals surface area contributed by atoms with Crippen LogP contribution in [-0.4, -0.2) is 54.0 Å². The highest BCUT2D eigenvalue weighted by atomic mass is 16.6. The van der Waals surface area contributed by atoms with Crippen molar-refractivity contribution in [3.05, 3.63) is 0 Å². The van der Waals surface area contributed by atoms with Gasteiger partial charge in [-0.3, -0.25) is 0 Å². The molecule has 1 saturated carbocycles. The highest BCUT2D eigenvalue weighted by molar-refractivity contribution is 5.69. The number of hydrogen-bond donors (Lipinski definition) is 2. The Kier molecular flexibility index (Phi) is 2.45. The van der Waals surface area contributed by atoms with E-state index in [0.29, 0.717) is 24.9 Å². The van der Waals surface area contributed by atoms with Crippen LogP contribution in [-0.2, 0) is 4.74 Å². The van der Waals surface area contributed by atoms with Crippen LogP contribution in [0.3, 0.4) is 0 Å². The fourth-order valence-electron chi connectivity index (χ4n) is 3.67. The minimum atomic E-state index is -0.456. The number of piperidine rings is 1. The van der Waals surface area contributed by atoms with E-state index >= 15 is 0 Å². The molecule has 3 rings (SSSR count). The largest absolute Gasteiger partial charge is 0.444 e. The Labute approximate surface area is 107 Å². The van der Waals surface area contributed by atoms with Crippen molar-refractivity contribution in [2.75, 3.05) is 26.2 Å². The Morgan fingerprint density at radius 3 is 2.78 bits per heavy atom. The number of amides is 1. The Morgan fingerprint density at radius 1 is 1.44 bits per heavy atom. The number of aliphatic hydroxyl groups is 1. The molecule has 3 aliphatic rings. The maximum absolute atomic E-state index is 12.1. The van der Waals surface area contributed by atoms with Gasteiger partial charge in [0.05, 0.1) is 6.10 Å². The second-order valence-corrected chi connectivity index (χ2v) is 6.88. The molecule has 3 fully saturated rings. The van der Waals surface area contributed by atoms with Crippen molar-refractivity contribution in [1.29, 1.82) is 0 Å². The minimum absolute atomic E-state index is 0.0395. The molecule has 1 unspecified atom stereocenters. The average molecular weight is 254 g/mol. The number of aliphatic hydroxyl groups excluding tert-OH is 1. The van der Waals surface area contributed by atoms with Crippen molar-refractivity contribution in [2.24, 2.45) is 17.3 Å². The van der Waals surface area contributed by atoms with Gasteiger partial charge in [-0.25, -0.2) is 4.79 Å². The van der Waals surface area contributed by atoms with Crippen LogP contribution >= 0.6 is 0 Å². The second kappa shape index (κ2) is 3.61. The molecule has 1 aliphatic carbocycles. The van der Waals surface area contributed by atoms with Crippen molar-refractivity contribution in [1.82, 2.24) is 10.2 Å². The van der Waals surface area contributed by atoms with E-state index in [2.05, 4.69) is 5.32 Å². The molecule has 18 heavy (non-hydrogen) atoms. The van der Waals surface area contributed by atoms with Crippen LogP contribution in [0.15, 0.2) is 0 Å². The maximum atomic E-state index is 12.1. The van der Waals surface area contributed by atoms with Gasteiger partial charge < -0.3 is 20.1 Å². The second-order valence-electron chi connectivity index (χ2n) is 6.88. The third kappa shape index (κ3) is 1.64. The summed E-state index contributed by atoms with van der Waals surface area (Å²) < 4.78 is 5.41. The van der Waals surface area contributed by atoms with Gasteiger partial charge in [-0.2, -0.15) is 0 Å². The molecule has 2 N–H and O–H groups in total. The van der Waals surface area contributed by atoms with E-state index in [-0.39, 0.29) is 17.6 Å². The Bertz CT molecular complexity index is 379. The normalized spacial score (nSPS) is 42.2. The van der Waals surface area contributed by atoms with Gasteiger partial charge in [-0.15, -0.1) is 0 Å². The van der Waals surface area contributed by atoms with Crippen LogP contribution in [0.2, 0.25) is 0 Å². The summed E-state index contributed by atoms with van der Waals surface area (Å²) in [6.07, 6.45) is -0.492. The Morgan fingerprint density at radius 2 is 2.17 bits per heavy atom. The van der Waals surface area contributed by atoms with Gasteiger partial charge in [0.2, 0.25) is 0 Å². The summed E-state index contributed by atoms with van der Waals surface area (Å²) in [4.78, 5) is 13.8. The monoisotopic (exact) mass is 254 g/mol. The molecule has 102 valence electrons. The lowest BCUT2D eigenvalue weighted by molar-refractivity contribution is 0.0279. The molecule has 5 heteroatoms. The zero-order chi connectivity index (χ0) is 13.1. The first-order valence-electron chi connectivity index (χ1n) is 6.71. The van der Waals surface area contributed by atoms with Gasteiger partial charge in [0, 0.05) is 37.5 Å². The standard InChI is InChI=1S/C13H22N2O3/c1-12(2,3)18-11(17)15-6-8-4-14-5-9-10(16)13(8,9)7-15/h8-10,14,16H,4-7H2,1-3H3/t8-,9-,10-,13?/m1/s1. The van der Waals surface area contributed by atoms with Crippen molar-refractivity contribution in [3.8, 4) is 0 Å². The number of likely N-dealkylation sites (tertiary alicyclic amines) is 1. The first-order chi connectivity index (χ1) is 8.34. The molecule has 1 spiro atoms. The Hall–Kier alpha value is -0.810.